The Kier molecular flexibility index (Phi) is 3.44. The number of hydrogen-bond donors (Lipinski definition) is 0. The molecule has 1 fully saturated rings. The van der Waals surface area contributed by atoms with Crippen LogP contribution < -0.4 is 0 Å². The summed E-state index contributed by atoms with van der Waals surface area (Å²) in [7, 11) is 0. The SMILES string of the molecule is Cc1ccnc(CN2CC(CCl)CC2=O)c1. The highest BCUT2D eigenvalue weighted by atomic mass is 35.5. The first kappa shape index (κ1) is 11.4. The summed E-state index contributed by atoms with van der Waals surface area (Å²) >= 11 is 5.77. The van der Waals surface area contributed by atoms with Crippen LogP contribution in [0.2, 0.25) is 0 Å². The van der Waals surface area contributed by atoms with Crippen LogP contribution in [0.5, 0.6) is 0 Å². The van der Waals surface area contributed by atoms with Gasteiger partial charge in [0.15, 0.2) is 0 Å². The highest BCUT2D eigenvalue weighted by molar-refractivity contribution is 6.18. The Labute approximate surface area is 100 Å². The number of nitrogens with zero attached hydrogens (tertiary/aromatic N) is 2. The summed E-state index contributed by atoms with van der Waals surface area (Å²) in [4.78, 5) is 17.8. The molecule has 1 aromatic rings. The summed E-state index contributed by atoms with van der Waals surface area (Å²) < 4.78 is 0. The smallest absolute Gasteiger partial charge is 0.223 e. The van der Waals surface area contributed by atoms with Crippen LogP contribution in [0.4, 0.5) is 0 Å². The van der Waals surface area contributed by atoms with E-state index in [0.717, 1.165) is 12.2 Å². The Balaban J connectivity index is 2.03. The molecule has 0 aliphatic carbocycles. The average Bonchev–Trinajstić information content (AvgIpc) is 2.60. The van der Waals surface area contributed by atoms with Crippen molar-refractivity contribution in [1.82, 2.24) is 9.88 Å². The molecule has 4 heteroatoms. The van der Waals surface area contributed by atoms with Gasteiger partial charge in [-0.3, -0.25) is 9.78 Å². The van der Waals surface area contributed by atoms with E-state index in [0.29, 0.717) is 24.8 Å². The molecule has 0 radical (unpaired) electrons. The van der Waals surface area contributed by atoms with Gasteiger partial charge in [0, 0.05) is 25.0 Å². The topological polar surface area (TPSA) is 33.2 Å². The van der Waals surface area contributed by atoms with Crippen LogP contribution in [-0.2, 0) is 11.3 Å². The number of aromatic nitrogens is 1. The first-order valence-electron chi connectivity index (χ1n) is 5.44. The molecule has 1 saturated heterocycles. The van der Waals surface area contributed by atoms with Gasteiger partial charge >= 0.3 is 0 Å². The van der Waals surface area contributed by atoms with E-state index in [1.54, 1.807) is 6.20 Å². The number of aryl methyl sites for hydroxylation is 1. The summed E-state index contributed by atoms with van der Waals surface area (Å²) in [6.45, 7) is 3.39. The highest BCUT2D eigenvalue weighted by Gasteiger charge is 2.28. The lowest BCUT2D eigenvalue weighted by Crippen LogP contribution is -2.25. The number of amides is 1. The molecule has 1 atom stereocenters. The minimum Gasteiger partial charge on any atom is -0.336 e. The second-order valence-electron chi connectivity index (χ2n) is 4.32. The Bertz CT molecular complexity index is 394. The van der Waals surface area contributed by atoms with E-state index in [1.807, 2.05) is 24.0 Å². The second-order valence-corrected chi connectivity index (χ2v) is 4.63. The number of carbonyl (C=O) groups excluding carboxylic acids is 1. The summed E-state index contributed by atoms with van der Waals surface area (Å²) in [5.41, 5.74) is 2.12. The third-order valence-corrected chi connectivity index (χ3v) is 3.27. The Morgan fingerprint density at radius 3 is 3.06 bits per heavy atom. The molecule has 1 unspecified atom stereocenters. The van der Waals surface area contributed by atoms with Gasteiger partial charge in [-0.15, -0.1) is 11.6 Å². The molecule has 1 aliphatic heterocycles. The molecule has 0 saturated carbocycles. The fraction of sp³-hybridized carbons (Fsp3) is 0.500. The molecule has 0 N–H and O–H groups in total. The van der Waals surface area contributed by atoms with Crippen LogP contribution in [0.15, 0.2) is 18.3 Å². The van der Waals surface area contributed by atoms with Crippen molar-refractivity contribution in [2.75, 3.05) is 12.4 Å². The van der Waals surface area contributed by atoms with Gasteiger partial charge in [0.2, 0.25) is 5.91 Å². The molecular weight excluding hydrogens is 224 g/mol. The van der Waals surface area contributed by atoms with Crippen LogP contribution in [0.25, 0.3) is 0 Å². The van der Waals surface area contributed by atoms with Crippen molar-refractivity contribution in [2.24, 2.45) is 5.92 Å². The summed E-state index contributed by atoms with van der Waals surface area (Å²) in [6.07, 6.45) is 2.36. The average molecular weight is 239 g/mol. The van der Waals surface area contributed by atoms with Crippen molar-refractivity contribution in [2.45, 2.75) is 19.9 Å². The molecule has 2 rings (SSSR count). The Morgan fingerprint density at radius 2 is 2.44 bits per heavy atom. The fourth-order valence-electron chi connectivity index (χ4n) is 1.99. The maximum absolute atomic E-state index is 11.7. The lowest BCUT2D eigenvalue weighted by Gasteiger charge is -2.15. The number of alkyl halides is 1. The van der Waals surface area contributed by atoms with Crippen LogP contribution in [0.1, 0.15) is 17.7 Å². The lowest BCUT2D eigenvalue weighted by molar-refractivity contribution is -0.128. The first-order valence-corrected chi connectivity index (χ1v) is 5.97. The van der Waals surface area contributed by atoms with E-state index >= 15 is 0 Å². The molecule has 86 valence electrons. The predicted octanol–water partition coefficient (Wildman–Crippen LogP) is 1.98. The van der Waals surface area contributed by atoms with Crippen molar-refractivity contribution >= 4 is 17.5 Å². The van der Waals surface area contributed by atoms with Crippen LogP contribution in [0, 0.1) is 12.8 Å². The largest absolute Gasteiger partial charge is 0.336 e. The fourth-order valence-corrected chi connectivity index (χ4v) is 2.20. The van der Waals surface area contributed by atoms with E-state index in [2.05, 4.69) is 4.98 Å². The molecule has 16 heavy (non-hydrogen) atoms. The molecule has 0 aromatic carbocycles. The van der Waals surface area contributed by atoms with Gasteiger partial charge in [0.05, 0.1) is 12.2 Å². The minimum absolute atomic E-state index is 0.189. The van der Waals surface area contributed by atoms with Gasteiger partial charge in [-0.25, -0.2) is 0 Å². The lowest BCUT2D eigenvalue weighted by atomic mass is 10.1. The van der Waals surface area contributed by atoms with Crippen molar-refractivity contribution in [1.29, 1.82) is 0 Å². The molecule has 3 nitrogen and oxygen atoms in total. The van der Waals surface area contributed by atoms with E-state index in [-0.39, 0.29) is 5.91 Å². The third kappa shape index (κ3) is 2.53. The van der Waals surface area contributed by atoms with Gasteiger partial charge in [-0.1, -0.05) is 0 Å². The van der Waals surface area contributed by atoms with Crippen molar-refractivity contribution in [3.8, 4) is 0 Å². The molecule has 1 aliphatic rings. The van der Waals surface area contributed by atoms with E-state index in [1.165, 1.54) is 5.56 Å². The van der Waals surface area contributed by atoms with Crippen LogP contribution in [-0.4, -0.2) is 28.2 Å². The van der Waals surface area contributed by atoms with Gasteiger partial charge in [-0.2, -0.15) is 0 Å². The van der Waals surface area contributed by atoms with Gasteiger partial charge in [0.1, 0.15) is 0 Å². The molecule has 2 heterocycles. The molecule has 1 amide bonds. The number of carbonyl (C=O) groups is 1. The number of rotatable bonds is 3. The zero-order chi connectivity index (χ0) is 11.5. The second kappa shape index (κ2) is 4.83. The number of pyridine rings is 1. The van der Waals surface area contributed by atoms with Gasteiger partial charge in [-0.05, 0) is 30.5 Å². The summed E-state index contributed by atoms with van der Waals surface area (Å²) in [5.74, 6) is 1.05. The van der Waals surface area contributed by atoms with Crippen molar-refractivity contribution < 1.29 is 4.79 Å². The number of halogens is 1. The molecule has 0 bridgehead atoms. The maximum atomic E-state index is 11.7. The van der Waals surface area contributed by atoms with Crippen molar-refractivity contribution in [3.05, 3.63) is 29.6 Å². The summed E-state index contributed by atoms with van der Waals surface area (Å²) in [6, 6.07) is 3.97. The zero-order valence-electron chi connectivity index (χ0n) is 9.32. The summed E-state index contributed by atoms with van der Waals surface area (Å²) in [5, 5.41) is 0. The molecular formula is C12H15ClN2O. The maximum Gasteiger partial charge on any atom is 0.223 e. The first-order chi connectivity index (χ1) is 7.69. The quantitative estimate of drug-likeness (QED) is 0.755. The monoisotopic (exact) mass is 238 g/mol. The molecule has 0 spiro atoms. The van der Waals surface area contributed by atoms with Gasteiger partial charge in [0.25, 0.3) is 0 Å². The van der Waals surface area contributed by atoms with Gasteiger partial charge < -0.3 is 4.90 Å². The predicted molar refractivity (Wildman–Crippen MR) is 63.2 cm³/mol. The van der Waals surface area contributed by atoms with Crippen molar-refractivity contribution in [3.63, 3.8) is 0 Å². The molecule has 1 aromatic heterocycles. The highest BCUT2D eigenvalue weighted by Crippen LogP contribution is 2.20. The van der Waals surface area contributed by atoms with E-state index < -0.39 is 0 Å². The minimum atomic E-state index is 0.189. The van der Waals surface area contributed by atoms with Crippen LogP contribution in [0.3, 0.4) is 0 Å². The van der Waals surface area contributed by atoms with E-state index in [4.69, 9.17) is 11.6 Å². The normalized spacial score (nSPS) is 20.5. The number of likely N-dealkylation sites (tertiary alicyclic amines) is 1. The Hall–Kier alpha value is -1.09. The van der Waals surface area contributed by atoms with Crippen LogP contribution >= 0.6 is 11.6 Å². The zero-order valence-corrected chi connectivity index (χ0v) is 10.1. The third-order valence-electron chi connectivity index (χ3n) is 2.84. The Morgan fingerprint density at radius 1 is 1.62 bits per heavy atom. The standard InChI is InChI=1S/C12H15ClN2O/c1-9-2-3-14-11(4-9)8-15-7-10(6-13)5-12(15)16/h2-4,10H,5-8H2,1H3. The van der Waals surface area contributed by atoms with E-state index in [9.17, 15) is 4.79 Å². The number of hydrogen-bond acceptors (Lipinski definition) is 2.